The standard InChI is InChI=1S/C19H22N2O4S/c1-5-24-14-8-6-13(7-9-14)20-18-21-16-12-15(10-11-17(16)25-18)26(22,23)19(2,3)4/h6-12H,5H2,1-4H3,(H,20,21). The summed E-state index contributed by atoms with van der Waals surface area (Å²) in [5.41, 5.74) is 1.80. The molecular weight excluding hydrogens is 352 g/mol. The molecule has 0 spiro atoms. The minimum absolute atomic E-state index is 0.235. The lowest BCUT2D eigenvalue weighted by molar-refractivity contribution is 0.340. The van der Waals surface area contributed by atoms with Gasteiger partial charge in [-0.1, -0.05) is 0 Å². The molecule has 1 heterocycles. The smallest absolute Gasteiger partial charge is 0.300 e. The third kappa shape index (κ3) is 3.53. The topological polar surface area (TPSA) is 81.4 Å². The molecule has 0 atom stereocenters. The van der Waals surface area contributed by atoms with Crippen LogP contribution in [0.25, 0.3) is 11.1 Å². The van der Waals surface area contributed by atoms with E-state index in [0.29, 0.717) is 23.7 Å². The average molecular weight is 374 g/mol. The number of sulfone groups is 1. The van der Waals surface area contributed by atoms with E-state index in [0.717, 1.165) is 11.4 Å². The van der Waals surface area contributed by atoms with E-state index >= 15 is 0 Å². The van der Waals surface area contributed by atoms with Crippen LogP contribution in [0.4, 0.5) is 11.7 Å². The highest BCUT2D eigenvalue weighted by molar-refractivity contribution is 7.92. The number of nitrogens with zero attached hydrogens (tertiary/aromatic N) is 1. The molecule has 138 valence electrons. The molecule has 0 saturated carbocycles. The maximum Gasteiger partial charge on any atom is 0.300 e. The summed E-state index contributed by atoms with van der Waals surface area (Å²) in [5, 5.41) is 3.07. The van der Waals surface area contributed by atoms with Crippen molar-refractivity contribution in [2.24, 2.45) is 0 Å². The van der Waals surface area contributed by atoms with Crippen molar-refractivity contribution < 1.29 is 17.6 Å². The van der Waals surface area contributed by atoms with E-state index in [4.69, 9.17) is 9.15 Å². The van der Waals surface area contributed by atoms with Crippen molar-refractivity contribution in [3.05, 3.63) is 42.5 Å². The highest BCUT2D eigenvalue weighted by Gasteiger charge is 2.31. The first-order valence-corrected chi connectivity index (χ1v) is 9.84. The number of fused-ring (bicyclic) bond motifs is 1. The Bertz CT molecular complexity index is 1020. The number of hydrogen-bond acceptors (Lipinski definition) is 6. The first-order chi connectivity index (χ1) is 12.2. The number of aromatic nitrogens is 1. The molecule has 1 N–H and O–H groups in total. The average Bonchev–Trinajstić information content (AvgIpc) is 2.97. The molecule has 0 unspecified atom stereocenters. The Labute approximate surface area is 153 Å². The maximum absolute atomic E-state index is 12.6. The molecule has 0 bridgehead atoms. The molecule has 3 rings (SSSR count). The van der Waals surface area contributed by atoms with Gasteiger partial charge in [0.05, 0.1) is 16.2 Å². The van der Waals surface area contributed by atoms with Gasteiger partial charge in [-0.2, -0.15) is 4.98 Å². The lowest BCUT2D eigenvalue weighted by Crippen LogP contribution is -2.27. The van der Waals surface area contributed by atoms with E-state index in [-0.39, 0.29) is 4.90 Å². The van der Waals surface area contributed by atoms with Crippen molar-refractivity contribution in [1.29, 1.82) is 0 Å². The number of hydrogen-bond donors (Lipinski definition) is 1. The normalized spacial score (nSPS) is 12.3. The monoisotopic (exact) mass is 374 g/mol. The third-order valence-electron chi connectivity index (χ3n) is 3.89. The Morgan fingerprint density at radius 3 is 2.42 bits per heavy atom. The Hall–Kier alpha value is -2.54. The van der Waals surface area contributed by atoms with Crippen molar-refractivity contribution in [2.75, 3.05) is 11.9 Å². The van der Waals surface area contributed by atoms with E-state index < -0.39 is 14.6 Å². The van der Waals surface area contributed by atoms with Crippen LogP contribution in [0, 0.1) is 0 Å². The summed E-state index contributed by atoms with van der Waals surface area (Å²) in [5.74, 6) is 0.785. The fourth-order valence-corrected chi connectivity index (χ4v) is 3.63. The fourth-order valence-electron chi connectivity index (χ4n) is 2.41. The summed E-state index contributed by atoms with van der Waals surface area (Å²) >= 11 is 0. The van der Waals surface area contributed by atoms with E-state index in [2.05, 4.69) is 10.3 Å². The molecule has 0 fully saturated rings. The van der Waals surface area contributed by atoms with Crippen molar-refractivity contribution >= 4 is 32.6 Å². The van der Waals surface area contributed by atoms with Crippen molar-refractivity contribution in [1.82, 2.24) is 4.98 Å². The molecular formula is C19H22N2O4S. The van der Waals surface area contributed by atoms with Gasteiger partial charge >= 0.3 is 0 Å². The predicted molar refractivity (Wildman–Crippen MR) is 102 cm³/mol. The van der Waals surface area contributed by atoms with Crippen molar-refractivity contribution in [2.45, 2.75) is 37.3 Å². The van der Waals surface area contributed by atoms with Gasteiger partial charge in [-0.3, -0.25) is 0 Å². The Morgan fingerprint density at radius 2 is 1.81 bits per heavy atom. The van der Waals surface area contributed by atoms with E-state index in [1.807, 2.05) is 31.2 Å². The predicted octanol–water partition coefficient (Wildman–Crippen LogP) is 4.54. The highest BCUT2D eigenvalue weighted by Crippen LogP contribution is 2.29. The van der Waals surface area contributed by atoms with Crippen LogP contribution >= 0.6 is 0 Å². The van der Waals surface area contributed by atoms with Crippen molar-refractivity contribution in [3.8, 4) is 5.75 Å². The zero-order chi connectivity index (χ0) is 18.9. The molecule has 1 aromatic heterocycles. The van der Waals surface area contributed by atoms with Gasteiger partial charge < -0.3 is 14.5 Å². The number of rotatable bonds is 5. The Balaban J connectivity index is 1.88. The second-order valence-electron chi connectivity index (χ2n) is 6.85. The van der Waals surface area contributed by atoms with Crippen LogP contribution in [0.15, 0.2) is 51.8 Å². The second kappa shape index (κ2) is 6.64. The largest absolute Gasteiger partial charge is 0.494 e. The summed E-state index contributed by atoms with van der Waals surface area (Å²) in [4.78, 5) is 4.58. The first kappa shape index (κ1) is 18.3. The molecule has 2 aromatic carbocycles. The summed E-state index contributed by atoms with van der Waals surface area (Å²) in [6.07, 6.45) is 0. The van der Waals surface area contributed by atoms with Crippen LogP contribution in [0.5, 0.6) is 5.75 Å². The van der Waals surface area contributed by atoms with Gasteiger partial charge in [0.15, 0.2) is 15.4 Å². The molecule has 3 aromatic rings. The zero-order valence-electron chi connectivity index (χ0n) is 15.2. The van der Waals surface area contributed by atoms with E-state index in [9.17, 15) is 8.42 Å². The molecule has 0 aliphatic rings. The van der Waals surface area contributed by atoms with Gasteiger partial charge in [-0.15, -0.1) is 0 Å². The quantitative estimate of drug-likeness (QED) is 0.706. The van der Waals surface area contributed by atoms with Crippen LogP contribution in [-0.2, 0) is 9.84 Å². The second-order valence-corrected chi connectivity index (χ2v) is 9.55. The molecule has 0 aliphatic heterocycles. The highest BCUT2D eigenvalue weighted by atomic mass is 32.2. The van der Waals surface area contributed by atoms with Gasteiger partial charge in [0, 0.05) is 5.69 Å². The Kier molecular flexibility index (Phi) is 4.66. The van der Waals surface area contributed by atoms with E-state index in [1.54, 1.807) is 39.0 Å². The molecule has 0 aliphatic carbocycles. The van der Waals surface area contributed by atoms with Crippen LogP contribution in [-0.4, -0.2) is 24.8 Å². The third-order valence-corrected chi connectivity index (χ3v) is 6.38. The maximum atomic E-state index is 12.6. The molecule has 7 heteroatoms. The van der Waals surface area contributed by atoms with Crippen LogP contribution < -0.4 is 10.1 Å². The number of benzene rings is 2. The molecule has 0 amide bonds. The van der Waals surface area contributed by atoms with Crippen LogP contribution in [0.2, 0.25) is 0 Å². The van der Waals surface area contributed by atoms with Gasteiger partial charge in [-0.25, -0.2) is 8.42 Å². The summed E-state index contributed by atoms with van der Waals surface area (Å²) in [6, 6.07) is 12.4. The molecule has 6 nitrogen and oxygen atoms in total. The van der Waals surface area contributed by atoms with Crippen molar-refractivity contribution in [3.63, 3.8) is 0 Å². The van der Waals surface area contributed by atoms with Gasteiger partial charge in [-0.05, 0) is 70.2 Å². The number of anilines is 2. The summed E-state index contributed by atoms with van der Waals surface area (Å²) < 4.78 is 35.4. The lowest BCUT2D eigenvalue weighted by atomic mass is 10.3. The summed E-state index contributed by atoms with van der Waals surface area (Å²) in [7, 11) is -3.44. The molecule has 0 radical (unpaired) electrons. The SMILES string of the molecule is CCOc1ccc(Nc2nc3cc(S(=O)(=O)C(C)(C)C)ccc3o2)cc1. The van der Waals surface area contributed by atoms with Crippen LogP contribution in [0.1, 0.15) is 27.7 Å². The van der Waals surface area contributed by atoms with Gasteiger partial charge in [0.2, 0.25) is 0 Å². The molecule has 0 saturated heterocycles. The lowest BCUT2D eigenvalue weighted by Gasteiger charge is -2.18. The number of nitrogens with one attached hydrogen (secondary N) is 1. The van der Waals surface area contributed by atoms with E-state index in [1.165, 1.54) is 0 Å². The minimum Gasteiger partial charge on any atom is -0.494 e. The minimum atomic E-state index is -3.44. The number of oxazole rings is 1. The fraction of sp³-hybridized carbons (Fsp3) is 0.316. The first-order valence-electron chi connectivity index (χ1n) is 8.36. The summed E-state index contributed by atoms with van der Waals surface area (Å²) in [6.45, 7) is 7.56. The number of ether oxygens (including phenoxy) is 1. The van der Waals surface area contributed by atoms with Gasteiger partial charge in [0.25, 0.3) is 6.01 Å². The molecule has 26 heavy (non-hydrogen) atoms. The van der Waals surface area contributed by atoms with Gasteiger partial charge in [0.1, 0.15) is 11.3 Å². The van der Waals surface area contributed by atoms with Crippen LogP contribution in [0.3, 0.4) is 0 Å². The Morgan fingerprint density at radius 1 is 1.12 bits per heavy atom. The zero-order valence-corrected chi connectivity index (χ0v) is 16.1.